The molecule has 0 spiro atoms. The third-order valence-corrected chi connectivity index (χ3v) is 7.13. The number of benzene rings is 2. The number of amides is 2. The zero-order valence-electron chi connectivity index (χ0n) is 19.9. The van der Waals surface area contributed by atoms with Crippen LogP contribution in [0, 0.1) is 25.6 Å². The normalized spacial score (nSPS) is 15.8. The van der Waals surface area contributed by atoms with Crippen LogP contribution >= 0.6 is 23.7 Å². The summed E-state index contributed by atoms with van der Waals surface area (Å²) in [7, 11) is 4.01. The van der Waals surface area contributed by atoms with E-state index in [4.69, 9.17) is 4.98 Å². The Bertz CT molecular complexity index is 1180. The number of thiazole rings is 1. The lowest BCUT2D eigenvalue weighted by Crippen LogP contribution is -2.39. The average Bonchev–Trinajstić information content (AvgIpc) is 3.35. The minimum absolute atomic E-state index is 0. The SMILES string of the molecule is Cc1cc(C)c2sc(N(CCCN(C)C)C(=O)C3CC(=O)N(c4ccc(F)cc4)C3)nc2c1.Cl. The molecule has 2 amide bonds. The molecule has 1 fully saturated rings. The molecule has 4 rings (SSSR count). The number of halogens is 2. The second-order valence-electron chi connectivity index (χ2n) is 8.96. The van der Waals surface area contributed by atoms with Crippen molar-refractivity contribution in [3.63, 3.8) is 0 Å². The van der Waals surface area contributed by atoms with Crippen LogP contribution in [0.3, 0.4) is 0 Å². The molecule has 0 aliphatic carbocycles. The number of carbonyl (C=O) groups excluding carboxylic acids is 2. The molecule has 0 N–H and O–H groups in total. The van der Waals surface area contributed by atoms with Crippen LogP contribution in [0.5, 0.6) is 0 Å². The zero-order chi connectivity index (χ0) is 23.7. The first-order valence-electron chi connectivity index (χ1n) is 11.1. The van der Waals surface area contributed by atoms with E-state index in [1.54, 1.807) is 21.9 Å². The Morgan fingerprint density at radius 3 is 2.56 bits per heavy atom. The highest BCUT2D eigenvalue weighted by atomic mass is 35.5. The molecule has 0 radical (unpaired) electrons. The van der Waals surface area contributed by atoms with Crippen molar-refractivity contribution < 1.29 is 14.0 Å². The van der Waals surface area contributed by atoms with Gasteiger partial charge in [-0.3, -0.25) is 14.5 Å². The van der Waals surface area contributed by atoms with Crippen LogP contribution in [-0.4, -0.2) is 55.4 Å². The Hall–Kier alpha value is -2.55. The largest absolute Gasteiger partial charge is 0.312 e. The monoisotopic (exact) mass is 504 g/mol. The molecular weight excluding hydrogens is 475 g/mol. The third-order valence-electron chi connectivity index (χ3n) is 5.91. The van der Waals surface area contributed by atoms with Crippen LogP contribution in [-0.2, 0) is 9.59 Å². The smallest absolute Gasteiger partial charge is 0.234 e. The number of nitrogens with zero attached hydrogens (tertiary/aromatic N) is 4. The molecule has 0 bridgehead atoms. The quantitative estimate of drug-likeness (QED) is 0.463. The number of aromatic nitrogens is 1. The van der Waals surface area contributed by atoms with Gasteiger partial charge in [0.1, 0.15) is 5.82 Å². The van der Waals surface area contributed by atoms with E-state index >= 15 is 0 Å². The fraction of sp³-hybridized carbons (Fsp3) is 0.400. The van der Waals surface area contributed by atoms with Gasteiger partial charge in [-0.1, -0.05) is 17.4 Å². The average molecular weight is 505 g/mol. The van der Waals surface area contributed by atoms with Crippen molar-refractivity contribution in [2.75, 3.05) is 43.5 Å². The van der Waals surface area contributed by atoms with E-state index < -0.39 is 5.92 Å². The first kappa shape index (κ1) is 26.1. The third kappa shape index (κ3) is 5.56. The summed E-state index contributed by atoms with van der Waals surface area (Å²) in [5.41, 5.74) is 3.79. The number of aryl methyl sites for hydroxylation is 2. The van der Waals surface area contributed by atoms with Crippen molar-refractivity contribution in [2.45, 2.75) is 26.7 Å². The molecule has 34 heavy (non-hydrogen) atoms. The Kier molecular flexibility index (Phi) is 8.28. The van der Waals surface area contributed by atoms with Crippen molar-refractivity contribution in [3.8, 4) is 0 Å². The van der Waals surface area contributed by atoms with Crippen molar-refractivity contribution >= 4 is 56.6 Å². The molecular formula is C25H30ClFN4O2S. The van der Waals surface area contributed by atoms with Gasteiger partial charge >= 0.3 is 0 Å². The predicted molar refractivity (Wildman–Crippen MR) is 139 cm³/mol. The highest BCUT2D eigenvalue weighted by molar-refractivity contribution is 7.22. The van der Waals surface area contributed by atoms with Gasteiger partial charge in [0, 0.05) is 25.2 Å². The Labute approximate surface area is 209 Å². The van der Waals surface area contributed by atoms with Crippen LogP contribution in [0.25, 0.3) is 10.2 Å². The second-order valence-corrected chi connectivity index (χ2v) is 9.93. The van der Waals surface area contributed by atoms with E-state index in [0.29, 0.717) is 17.4 Å². The summed E-state index contributed by atoms with van der Waals surface area (Å²) in [6.45, 7) is 5.77. The number of anilines is 2. The lowest BCUT2D eigenvalue weighted by Gasteiger charge is -2.24. The lowest BCUT2D eigenvalue weighted by molar-refractivity contribution is -0.124. The topological polar surface area (TPSA) is 56.8 Å². The second kappa shape index (κ2) is 10.8. The fourth-order valence-corrected chi connectivity index (χ4v) is 5.34. The maximum Gasteiger partial charge on any atom is 0.234 e. The maximum absolute atomic E-state index is 13.7. The minimum atomic E-state index is -0.461. The Balaban J connectivity index is 0.00000324. The number of hydrogen-bond acceptors (Lipinski definition) is 5. The first-order valence-corrected chi connectivity index (χ1v) is 11.9. The molecule has 2 heterocycles. The van der Waals surface area contributed by atoms with E-state index in [0.717, 1.165) is 34.3 Å². The molecule has 1 atom stereocenters. The van der Waals surface area contributed by atoms with Crippen LogP contribution in [0.15, 0.2) is 36.4 Å². The number of hydrogen-bond donors (Lipinski definition) is 0. The Morgan fingerprint density at radius 1 is 1.18 bits per heavy atom. The minimum Gasteiger partial charge on any atom is -0.312 e. The van der Waals surface area contributed by atoms with E-state index in [-0.39, 0.29) is 43.0 Å². The van der Waals surface area contributed by atoms with Gasteiger partial charge in [-0.05, 0) is 82.4 Å². The molecule has 1 aromatic heterocycles. The summed E-state index contributed by atoms with van der Waals surface area (Å²) in [6.07, 6.45) is 0.943. The molecule has 1 saturated heterocycles. The number of rotatable bonds is 7. The van der Waals surface area contributed by atoms with Gasteiger partial charge in [-0.2, -0.15) is 0 Å². The fourth-order valence-electron chi connectivity index (χ4n) is 4.29. The Morgan fingerprint density at radius 2 is 1.88 bits per heavy atom. The maximum atomic E-state index is 13.7. The molecule has 1 aliphatic heterocycles. The van der Waals surface area contributed by atoms with Crippen molar-refractivity contribution in [2.24, 2.45) is 5.92 Å². The van der Waals surface area contributed by atoms with Crippen molar-refractivity contribution in [1.29, 1.82) is 0 Å². The molecule has 0 saturated carbocycles. The molecule has 182 valence electrons. The van der Waals surface area contributed by atoms with E-state index in [1.165, 1.54) is 23.5 Å². The first-order chi connectivity index (χ1) is 15.7. The van der Waals surface area contributed by atoms with E-state index in [2.05, 4.69) is 17.9 Å². The highest BCUT2D eigenvalue weighted by Gasteiger charge is 2.38. The molecule has 1 aliphatic rings. The van der Waals surface area contributed by atoms with Crippen LogP contribution in [0.4, 0.5) is 15.2 Å². The summed E-state index contributed by atoms with van der Waals surface area (Å²) in [5.74, 6) is -1.02. The van der Waals surface area contributed by atoms with Gasteiger partial charge in [0.25, 0.3) is 0 Å². The number of carbonyl (C=O) groups is 2. The van der Waals surface area contributed by atoms with Crippen LogP contribution in [0.1, 0.15) is 24.0 Å². The van der Waals surface area contributed by atoms with Gasteiger partial charge in [-0.15, -0.1) is 12.4 Å². The summed E-state index contributed by atoms with van der Waals surface area (Å²) < 4.78 is 14.4. The van der Waals surface area contributed by atoms with Crippen LogP contribution < -0.4 is 9.80 Å². The molecule has 6 nitrogen and oxygen atoms in total. The van der Waals surface area contributed by atoms with Gasteiger partial charge in [0.15, 0.2) is 5.13 Å². The molecule has 2 aromatic carbocycles. The predicted octanol–water partition coefficient (Wildman–Crippen LogP) is 4.81. The van der Waals surface area contributed by atoms with Crippen LogP contribution in [0.2, 0.25) is 0 Å². The lowest BCUT2D eigenvalue weighted by atomic mass is 10.1. The number of fused-ring (bicyclic) bond motifs is 1. The van der Waals surface area contributed by atoms with E-state index in [9.17, 15) is 14.0 Å². The molecule has 1 unspecified atom stereocenters. The molecule has 9 heteroatoms. The van der Waals surface area contributed by atoms with Gasteiger partial charge in [0.2, 0.25) is 11.8 Å². The van der Waals surface area contributed by atoms with Crippen molar-refractivity contribution in [3.05, 3.63) is 53.3 Å². The summed E-state index contributed by atoms with van der Waals surface area (Å²) >= 11 is 1.53. The summed E-state index contributed by atoms with van der Waals surface area (Å²) in [4.78, 5) is 36.6. The standard InChI is InChI=1S/C25H29FN4O2S.ClH/c1-16-12-17(2)23-21(13-16)27-25(33-23)29(11-5-10-28(3)4)24(32)18-14-22(31)30(15-18)20-8-6-19(26)7-9-20;/h6-9,12-13,18H,5,10-11,14-15H2,1-4H3;1H. The highest BCUT2D eigenvalue weighted by Crippen LogP contribution is 2.34. The zero-order valence-corrected chi connectivity index (χ0v) is 21.5. The van der Waals surface area contributed by atoms with E-state index in [1.807, 2.05) is 27.1 Å². The summed E-state index contributed by atoms with van der Waals surface area (Å²) in [6, 6.07) is 9.98. The summed E-state index contributed by atoms with van der Waals surface area (Å²) in [5, 5.41) is 0.676. The van der Waals surface area contributed by atoms with Gasteiger partial charge in [-0.25, -0.2) is 9.37 Å². The molecule has 3 aromatic rings. The van der Waals surface area contributed by atoms with Crippen molar-refractivity contribution in [1.82, 2.24) is 9.88 Å². The van der Waals surface area contributed by atoms with Gasteiger partial charge < -0.3 is 9.80 Å². The van der Waals surface area contributed by atoms with Gasteiger partial charge in [0.05, 0.1) is 16.1 Å².